The van der Waals surface area contributed by atoms with E-state index in [9.17, 15) is 0 Å². The Morgan fingerprint density at radius 1 is 1.41 bits per heavy atom. The van der Waals surface area contributed by atoms with Crippen LogP contribution in [0.3, 0.4) is 0 Å². The Morgan fingerprint density at radius 3 is 2.88 bits per heavy atom. The van der Waals surface area contributed by atoms with Crippen molar-refractivity contribution in [3.8, 4) is 5.75 Å². The first-order valence-electron chi connectivity index (χ1n) is 5.54. The molecule has 1 aromatic heterocycles. The maximum absolute atomic E-state index is 5.76. The van der Waals surface area contributed by atoms with Gasteiger partial charge in [-0.05, 0) is 53.5 Å². The molecule has 0 saturated heterocycles. The molecule has 4 heteroatoms. The van der Waals surface area contributed by atoms with Crippen molar-refractivity contribution in [2.24, 2.45) is 5.73 Å². The van der Waals surface area contributed by atoms with Crippen LogP contribution >= 0.6 is 15.9 Å². The molecule has 2 N–H and O–H groups in total. The topological polar surface area (TPSA) is 48.1 Å². The fraction of sp³-hybridized carbons (Fsp3) is 0.308. The molecule has 17 heavy (non-hydrogen) atoms. The summed E-state index contributed by atoms with van der Waals surface area (Å²) >= 11 is 3.58. The summed E-state index contributed by atoms with van der Waals surface area (Å²) in [7, 11) is 0. The van der Waals surface area contributed by atoms with E-state index in [2.05, 4.69) is 27.8 Å². The number of fused-ring (bicyclic) bond motifs is 1. The summed E-state index contributed by atoms with van der Waals surface area (Å²) in [6, 6.07) is 5.87. The van der Waals surface area contributed by atoms with Crippen molar-refractivity contribution >= 4 is 26.8 Å². The number of hydrogen-bond acceptors (Lipinski definition) is 3. The minimum Gasteiger partial charge on any atom is -0.488 e. The lowest BCUT2D eigenvalue weighted by molar-refractivity contribution is 0.229. The molecular weight excluding hydrogens is 280 g/mol. The second-order valence-corrected chi connectivity index (χ2v) is 4.86. The van der Waals surface area contributed by atoms with Gasteiger partial charge in [0.05, 0.1) is 9.99 Å². The molecule has 3 nitrogen and oxygen atoms in total. The summed E-state index contributed by atoms with van der Waals surface area (Å²) in [6.45, 7) is 4.51. The number of nitrogens with zero attached hydrogens (tertiary/aromatic N) is 1. The van der Waals surface area contributed by atoms with Crippen LogP contribution in [0.5, 0.6) is 5.75 Å². The number of nitrogens with two attached hydrogens (primary N) is 1. The molecule has 1 unspecified atom stereocenters. The Labute approximate surface area is 109 Å². The van der Waals surface area contributed by atoms with Crippen molar-refractivity contribution in [1.29, 1.82) is 0 Å². The molecule has 0 saturated carbocycles. The standard InChI is InChI=1S/C13H15BrN2O/c1-8-5-6-16-10-3-4-11(13(14)12(8)10)17-9(2)7-15/h3-6,9H,7,15H2,1-2H3. The van der Waals surface area contributed by atoms with Crippen LogP contribution in [0.4, 0.5) is 0 Å². The number of aromatic nitrogens is 1. The van der Waals surface area contributed by atoms with Gasteiger partial charge in [-0.1, -0.05) is 0 Å². The van der Waals surface area contributed by atoms with Gasteiger partial charge in [-0.3, -0.25) is 4.98 Å². The molecule has 0 aliphatic carbocycles. The quantitative estimate of drug-likeness (QED) is 0.946. The van der Waals surface area contributed by atoms with E-state index in [1.807, 2.05) is 31.3 Å². The fourth-order valence-electron chi connectivity index (χ4n) is 1.70. The average molecular weight is 295 g/mol. The van der Waals surface area contributed by atoms with Crippen molar-refractivity contribution in [2.75, 3.05) is 6.54 Å². The van der Waals surface area contributed by atoms with Gasteiger partial charge < -0.3 is 10.5 Å². The average Bonchev–Trinajstić information content (AvgIpc) is 2.32. The Bertz CT molecular complexity index is 542. The van der Waals surface area contributed by atoms with Crippen molar-refractivity contribution in [2.45, 2.75) is 20.0 Å². The number of pyridine rings is 1. The second-order valence-electron chi connectivity index (χ2n) is 4.06. The van der Waals surface area contributed by atoms with Crippen LogP contribution in [0.15, 0.2) is 28.9 Å². The molecule has 1 atom stereocenters. The predicted molar refractivity (Wildman–Crippen MR) is 73.3 cm³/mol. The number of hydrogen-bond donors (Lipinski definition) is 1. The first-order chi connectivity index (χ1) is 8.13. The van der Waals surface area contributed by atoms with Crippen molar-refractivity contribution in [1.82, 2.24) is 4.98 Å². The minimum absolute atomic E-state index is 0.000674. The molecular formula is C13H15BrN2O. The molecule has 0 radical (unpaired) electrons. The van der Waals surface area contributed by atoms with Gasteiger partial charge in [0.15, 0.2) is 0 Å². The maximum atomic E-state index is 5.76. The Balaban J connectivity index is 2.53. The Kier molecular flexibility index (Phi) is 3.64. The Morgan fingerprint density at radius 2 is 2.18 bits per heavy atom. The largest absolute Gasteiger partial charge is 0.488 e. The van der Waals surface area contributed by atoms with Gasteiger partial charge >= 0.3 is 0 Å². The van der Waals surface area contributed by atoms with Crippen LogP contribution < -0.4 is 10.5 Å². The lowest BCUT2D eigenvalue weighted by Gasteiger charge is -2.15. The summed E-state index contributed by atoms with van der Waals surface area (Å²) in [5.74, 6) is 0.812. The van der Waals surface area contributed by atoms with Crippen LogP contribution in [0.2, 0.25) is 0 Å². The highest BCUT2D eigenvalue weighted by Gasteiger charge is 2.11. The van der Waals surface area contributed by atoms with E-state index >= 15 is 0 Å². The number of ether oxygens (including phenoxy) is 1. The first kappa shape index (κ1) is 12.3. The van der Waals surface area contributed by atoms with Crippen LogP contribution in [0.1, 0.15) is 12.5 Å². The molecule has 2 aromatic rings. The highest BCUT2D eigenvalue weighted by molar-refractivity contribution is 9.10. The number of aryl methyl sites for hydroxylation is 1. The third-order valence-corrected chi connectivity index (χ3v) is 3.46. The van der Waals surface area contributed by atoms with Gasteiger partial charge in [-0.25, -0.2) is 0 Å². The van der Waals surface area contributed by atoms with Gasteiger partial charge in [0.2, 0.25) is 0 Å². The van der Waals surface area contributed by atoms with Gasteiger partial charge in [0.25, 0.3) is 0 Å². The second kappa shape index (κ2) is 5.02. The molecule has 0 aliphatic heterocycles. The van der Waals surface area contributed by atoms with Gasteiger partial charge in [0.1, 0.15) is 11.9 Å². The molecule has 1 aromatic carbocycles. The predicted octanol–water partition coefficient (Wildman–Crippen LogP) is 3.03. The number of benzene rings is 1. The lowest BCUT2D eigenvalue weighted by Crippen LogP contribution is -2.22. The first-order valence-corrected chi connectivity index (χ1v) is 6.33. The van der Waals surface area contributed by atoms with E-state index in [1.165, 1.54) is 5.56 Å². The summed E-state index contributed by atoms with van der Waals surface area (Å²) in [6.07, 6.45) is 1.81. The van der Waals surface area contributed by atoms with E-state index in [-0.39, 0.29) is 6.10 Å². The summed E-state index contributed by atoms with van der Waals surface area (Å²) < 4.78 is 6.70. The van der Waals surface area contributed by atoms with Crippen molar-refractivity contribution in [3.63, 3.8) is 0 Å². The zero-order valence-electron chi connectivity index (χ0n) is 9.90. The zero-order valence-corrected chi connectivity index (χ0v) is 11.5. The van der Waals surface area contributed by atoms with Crippen molar-refractivity contribution < 1.29 is 4.74 Å². The molecule has 0 fully saturated rings. The summed E-state index contributed by atoms with van der Waals surface area (Å²) in [5, 5.41) is 1.09. The third-order valence-electron chi connectivity index (χ3n) is 2.68. The third kappa shape index (κ3) is 2.42. The summed E-state index contributed by atoms with van der Waals surface area (Å²) in [5.41, 5.74) is 7.70. The van der Waals surface area contributed by atoms with E-state index in [0.717, 1.165) is 21.1 Å². The molecule has 0 spiro atoms. The highest BCUT2D eigenvalue weighted by Crippen LogP contribution is 2.34. The maximum Gasteiger partial charge on any atom is 0.134 e. The SMILES string of the molecule is Cc1ccnc2ccc(OC(C)CN)c(Br)c12. The van der Waals surface area contributed by atoms with Gasteiger partial charge in [-0.15, -0.1) is 0 Å². The summed E-state index contributed by atoms with van der Waals surface area (Å²) in [4.78, 5) is 4.33. The minimum atomic E-state index is 0.000674. The van der Waals surface area contributed by atoms with E-state index in [1.54, 1.807) is 0 Å². The lowest BCUT2D eigenvalue weighted by atomic mass is 10.1. The molecule has 0 bridgehead atoms. The fourth-order valence-corrected chi connectivity index (χ4v) is 2.44. The molecule has 1 heterocycles. The smallest absolute Gasteiger partial charge is 0.134 e. The van der Waals surface area contributed by atoms with E-state index < -0.39 is 0 Å². The van der Waals surface area contributed by atoms with Crippen LogP contribution in [-0.4, -0.2) is 17.6 Å². The zero-order chi connectivity index (χ0) is 12.4. The van der Waals surface area contributed by atoms with E-state index in [4.69, 9.17) is 10.5 Å². The van der Waals surface area contributed by atoms with Crippen LogP contribution in [-0.2, 0) is 0 Å². The number of halogens is 1. The number of rotatable bonds is 3. The normalized spacial score (nSPS) is 12.7. The van der Waals surface area contributed by atoms with E-state index in [0.29, 0.717) is 6.54 Å². The highest BCUT2D eigenvalue weighted by atomic mass is 79.9. The van der Waals surface area contributed by atoms with Gasteiger partial charge in [-0.2, -0.15) is 0 Å². The molecule has 0 amide bonds. The monoisotopic (exact) mass is 294 g/mol. The van der Waals surface area contributed by atoms with Crippen LogP contribution in [0.25, 0.3) is 10.9 Å². The Hall–Kier alpha value is -1.13. The molecule has 90 valence electrons. The van der Waals surface area contributed by atoms with Gasteiger partial charge in [0, 0.05) is 18.1 Å². The molecule has 2 rings (SSSR count). The van der Waals surface area contributed by atoms with Crippen molar-refractivity contribution in [3.05, 3.63) is 34.4 Å². The van der Waals surface area contributed by atoms with Crippen LogP contribution in [0, 0.1) is 6.92 Å². The molecule has 0 aliphatic rings.